The third-order valence-corrected chi connectivity index (χ3v) is 5.69. The Morgan fingerprint density at radius 2 is 2.22 bits per heavy atom. The van der Waals surface area contributed by atoms with Gasteiger partial charge in [0.1, 0.15) is 5.78 Å². The summed E-state index contributed by atoms with van der Waals surface area (Å²) in [6.07, 6.45) is 3.08. The monoisotopic (exact) mass is 269 g/mol. The fraction of sp³-hybridized carbons (Fsp3) is 0.933. The van der Waals surface area contributed by atoms with Crippen LogP contribution >= 0.6 is 11.8 Å². The maximum absolute atomic E-state index is 12.1. The number of ketones is 1. The number of hydrogen-bond acceptors (Lipinski definition) is 3. The Bertz CT molecular complexity index is 292. The Morgan fingerprint density at radius 3 is 2.89 bits per heavy atom. The molecule has 3 unspecified atom stereocenters. The molecule has 1 aliphatic carbocycles. The van der Waals surface area contributed by atoms with E-state index in [0.29, 0.717) is 11.7 Å². The van der Waals surface area contributed by atoms with Gasteiger partial charge in [0.25, 0.3) is 0 Å². The van der Waals surface area contributed by atoms with E-state index in [2.05, 4.69) is 37.4 Å². The summed E-state index contributed by atoms with van der Waals surface area (Å²) in [5, 5.41) is 0.735. The van der Waals surface area contributed by atoms with E-state index in [1.165, 1.54) is 18.8 Å². The van der Waals surface area contributed by atoms with E-state index in [1.54, 1.807) is 0 Å². The molecule has 3 atom stereocenters. The zero-order valence-electron chi connectivity index (χ0n) is 12.0. The first-order chi connectivity index (χ1) is 8.56. The largest absolute Gasteiger partial charge is 0.301 e. The number of hydrogen-bond donors (Lipinski definition) is 0. The minimum Gasteiger partial charge on any atom is -0.301 e. The van der Waals surface area contributed by atoms with Crippen LogP contribution in [0.3, 0.4) is 0 Å². The van der Waals surface area contributed by atoms with Gasteiger partial charge in [0.2, 0.25) is 0 Å². The molecule has 2 fully saturated rings. The topological polar surface area (TPSA) is 20.3 Å². The molecule has 0 N–H and O–H groups in total. The predicted molar refractivity (Wildman–Crippen MR) is 79.0 cm³/mol. The number of nitrogens with zero attached hydrogens (tertiary/aromatic N) is 1. The van der Waals surface area contributed by atoms with Crippen molar-refractivity contribution in [3.63, 3.8) is 0 Å². The summed E-state index contributed by atoms with van der Waals surface area (Å²) in [6, 6.07) is 0. The maximum atomic E-state index is 12.1. The Balaban J connectivity index is 1.88. The molecule has 18 heavy (non-hydrogen) atoms. The number of rotatable bonds is 3. The lowest BCUT2D eigenvalue weighted by molar-refractivity contribution is -0.126. The van der Waals surface area contributed by atoms with Crippen molar-refractivity contribution in [3.8, 4) is 0 Å². The van der Waals surface area contributed by atoms with Gasteiger partial charge in [-0.05, 0) is 24.7 Å². The maximum Gasteiger partial charge on any atom is 0.137 e. The van der Waals surface area contributed by atoms with Crippen LogP contribution in [0.1, 0.15) is 40.0 Å². The van der Waals surface area contributed by atoms with Crippen LogP contribution in [0.15, 0.2) is 0 Å². The lowest BCUT2D eigenvalue weighted by atomic mass is 9.75. The highest BCUT2D eigenvalue weighted by molar-refractivity contribution is 7.99. The van der Waals surface area contributed by atoms with Gasteiger partial charge in [-0.15, -0.1) is 0 Å². The van der Waals surface area contributed by atoms with Crippen molar-refractivity contribution in [2.75, 3.05) is 25.4 Å². The minimum absolute atomic E-state index is 0.321. The standard InChI is InChI=1S/C15H27NOS/c1-11(2)13-4-5-15(17)14(8-13)10-16-6-7-18-12(3)9-16/h11-14H,4-10H2,1-3H3. The van der Waals surface area contributed by atoms with Gasteiger partial charge in [0, 0.05) is 43.0 Å². The molecule has 1 aliphatic heterocycles. The van der Waals surface area contributed by atoms with Crippen LogP contribution in [0.25, 0.3) is 0 Å². The highest BCUT2D eigenvalue weighted by Gasteiger charge is 2.32. The molecule has 104 valence electrons. The van der Waals surface area contributed by atoms with Crippen LogP contribution in [0, 0.1) is 17.8 Å². The normalized spacial score (nSPS) is 35.1. The molecule has 0 spiro atoms. The second kappa shape index (κ2) is 6.42. The zero-order chi connectivity index (χ0) is 13.1. The molecule has 2 nitrogen and oxygen atoms in total. The summed E-state index contributed by atoms with van der Waals surface area (Å²) < 4.78 is 0. The number of carbonyl (C=O) groups excluding carboxylic acids is 1. The summed E-state index contributed by atoms with van der Waals surface area (Å²) in [5.74, 6) is 3.58. The number of thioether (sulfide) groups is 1. The Hall–Kier alpha value is -0.0200. The average Bonchev–Trinajstić information content (AvgIpc) is 2.31. The van der Waals surface area contributed by atoms with E-state index < -0.39 is 0 Å². The fourth-order valence-electron chi connectivity index (χ4n) is 3.30. The van der Waals surface area contributed by atoms with Gasteiger partial charge in [0.05, 0.1) is 0 Å². The van der Waals surface area contributed by atoms with E-state index in [-0.39, 0.29) is 0 Å². The van der Waals surface area contributed by atoms with E-state index in [0.717, 1.165) is 42.9 Å². The summed E-state index contributed by atoms with van der Waals surface area (Å²) >= 11 is 2.06. The molecule has 3 heteroatoms. The van der Waals surface area contributed by atoms with Crippen LogP contribution in [0.4, 0.5) is 0 Å². The van der Waals surface area contributed by atoms with Crippen LogP contribution in [-0.2, 0) is 4.79 Å². The molecule has 0 radical (unpaired) electrons. The van der Waals surface area contributed by atoms with Gasteiger partial charge in [-0.2, -0.15) is 11.8 Å². The number of carbonyl (C=O) groups is 1. The van der Waals surface area contributed by atoms with Crippen molar-refractivity contribution >= 4 is 17.5 Å². The average molecular weight is 269 g/mol. The molecular weight excluding hydrogens is 242 g/mol. The van der Waals surface area contributed by atoms with Crippen LogP contribution in [0.2, 0.25) is 0 Å². The molecule has 0 amide bonds. The first kappa shape index (κ1) is 14.4. The van der Waals surface area contributed by atoms with Gasteiger partial charge in [-0.3, -0.25) is 4.79 Å². The third-order valence-electron chi connectivity index (χ3n) is 4.55. The second-order valence-electron chi connectivity index (χ2n) is 6.38. The summed E-state index contributed by atoms with van der Waals surface area (Å²) in [4.78, 5) is 14.6. The van der Waals surface area contributed by atoms with Crippen molar-refractivity contribution in [1.82, 2.24) is 4.90 Å². The van der Waals surface area contributed by atoms with Gasteiger partial charge >= 0.3 is 0 Å². The quantitative estimate of drug-likeness (QED) is 0.785. The molecule has 0 bridgehead atoms. The van der Waals surface area contributed by atoms with Gasteiger partial charge in [-0.25, -0.2) is 0 Å². The molecule has 0 aromatic carbocycles. The molecule has 1 saturated carbocycles. The smallest absolute Gasteiger partial charge is 0.137 e. The van der Waals surface area contributed by atoms with Gasteiger partial charge in [-0.1, -0.05) is 20.8 Å². The van der Waals surface area contributed by atoms with Crippen LogP contribution in [-0.4, -0.2) is 41.3 Å². The molecular formula is C15H27NOS. The lowest BCUT2D eigenvalue weighted by Crippen LogP contribution is -2.43. The van der Waals surface area contributed by atoms with Crippen molar-refractivity contribution in [2.24, 2.45) is 17.8 Å². The lowest BCUT2D eigenvalue weighted by Gasteiger charge is -2.36. The molecule has 1 saturated heterocycles. The first-order valence-electron chi connectivity index (χ1n) is 7.43. The van der Waals surface area contributed by atoms with Crippen molar-refractivity contribution in [3.05, 3.63) is 0 Å². The van der Waals surface area contributed by atoms with Gasteiger partial charge < -0.3 is 4.90 Å². The molecule has 2 aliphatic rings. The Labute approximate surface area is 116 Å². The van der Waals surface area contributed by atoms with Gasteiger partial charge in [0.15, 0.2) is 0 Å². The Kier molecular flexibility index (Phi) is 5.14. The SMILES string of the molecule is CC1CN(CC2CC(C(C)C)CCC2=O)CCS1. The van der Waals surface area contributed by atoms with E-state index >= 15 is 0 Å². The Morgan fingerprint density at radius 1 is 1.44 bits per heavy atom. The third kappa shape index (κ3) is 3.74. The summed E-state index contributed by atoms with van der Waals surface area (Å²) in [7, 11) is 0. The van der Waals surface area contributed by atoms with Crippen molar-refractivity contribution < 1.29 is 4.79 Å². The van der Waals surface area contributed by atoms with E-state index in [9.17, 15) is 4.79 Å². The minimum atomic E-state index is 0.321. The van der Waals surface area contributed by atoms with Crippen molar-refractivity contribution in [2.45, 2.75) is 45.3 Å². The molecule has 1 heterocycles. The fourth-order valence-corrected chi connectivity index (χ4v) is 4.38. The summed E-state index contributed by atoms with van der Waals surface area (Å²) in [6.45, 7) is 10.3. The molecule has 0 aromatic heterocycles. The highest BCUT2D eigenvalue weighted by Crippen LogP contribution is 2.32. The van der Waals surface area contributed by atoms with E-state index in [1.807, 2.05) is 0 Å². The van der Waals surface area contributed by atoms with Crippen LogP contribution in [0.5, 0.6) is 0 Å². The predicted octanol–water partition coefficient (Wildman–Crippen LogP) is 3.07. The molecule has 2 rings (SSSR count). The van der Waals surface area contributed by atoms with Crippen molar-refractivity contribution in [1.29, 1.82) is 0 Å². The second-order valence-corrected chi connectivity index (χ2v) is 7.93. The zero-order valence-corrected chi connectivity index (χ0v) is 12.8. The van der Waals surface area contributed by atoms with Crippen LogP contribution < -0.4 is 0 Å². The highest BCUT2D eigenvalue weighted by atomic mass is 32.2. The van der Waals surface area contributed by atoms with E-state index in [4.69, 9.17) is 0 Å². The summed E-state index contributed by atoms with van der Waals surface area (Å²) in [5.41, 5.74) is 0. The molecule has 0 aromatic rings. The number of Topliss-reactive ketones (excluding diaryl/α,β-unsaturated/α-hetero) is 1. The first-order valence-corrected chi connectivity index (χ1v) is 8.47.